The van der Waals surface area contributed by atoms with E-state index < -0.39 is 10.0 Å². The number of anilines is 2. The van der Waals surface area contributed by atoms with Crippen molar-refractivity contribution in [2.24, 2.45) is 0 Å². The number of amides is 2. The van der Waals surface area contributed by atoms with Crippen molar-refractivity contribution in [3.05, 3.63) is 53.6 Å². The van der Waals surface area contributed by atoms with Crippen LogP contribution in [0, 0.1) is 11.3 Å². The molecule has 30 heavy (non-hydrogen) atoms. The van der Waals surface area contributed by atoms with Gasteiger partial charge in [-0.3, -0.25) is 9.62 Å². The van der Waals surface area contributed by atoms with Crippen LogP contribution in [0.3, 0.4) is 0 Å². The lowest BCUT2D eigenvalue weighted by Crippen LogP contribution is -2.45. The molecule has 2 amide bonds. The van der Waals surface area contributed by atoms with E-state index in [1.165, 1.54) is 12.5 Å². The van der Waals surface area contributed by atoms with Crippen LogP contribution in [-0.2, 0) is 16.4 Å². The molecule has 1 heterocycles. The number of urea groups is 1. The Hall–Kier alpha value is -3.05. The van der Waals surface area contributed by atoms with E-state index in [-0.39, 0.29) is 17.0 Å². The minimum absolute atomic E-state index is 0.105. The van der Waals surface area contributed by atoms with Crippen LogP contribution >= 0.6 is 0 Å². The zero-order valence-corrected chi connectivity index (χ0v) is 17.4. The molecule has 8 heteroatoms. The zero-order chi connectivity index (χ0) is 21.1. The van der Waals surface area contributed by atoms with Gasteiger partial charge in [0, 0.05) is 24.0 Å². The molecular weight excluding hydrogens is 400 g/mol. The van der Waals surface area contributed by atoms with Crippen LogP contribution in [0.1, 0.15) is 43.2 Å². The third-order valence-corrected chi connectivity index (χ3v) is 7.08. The van der Waals surface area contributed by atoms with Gasteiger partial charge in [0.15, 0.2) is 0 Å². The summed E-state index contributed by atoms with van der Waals surface area (Å²) in [5, 5.41) is 12.0. The second kappa shape index (κ2) is 8.36. The van der Waals surface area contributed by atoms with Gasteiger partial charge in [-0.05, 0) is 67.3 Å². The molecule has 2 aromatic carbocycles. The van der Waals surface area contributed by atoms with Crippen LogP contribution < -0.4 is 14.9 Å². The van der Waals surface area contributed by atoms with E-state index in [0.717, 1.165) is 36.9 Å². The fraction of sp³-hybridized carbons (Fsp3) is 0.364. The molecule has 2 N–H and O–H groups in total. The number of rotatable bonds is 4. The quantitative estimate of drug-likeness (QED) is 0.780. The van der Waals surface area contributed by atoms with Crippen LogP contribution in [0.5, 0.6) is 0 Å². The van der Waals surface area contributed by atoms with Gasteiger partial charge >= 0.3 is 6.03 Å². The Labute approximate surface area is 176 Å². The first-order valence-electron chi connectivity index (χ1n) is 10.2. The van der Waals surface area contributed by atoms with E-state index >= 15 is 0 Å². The maximum atomic E-state index is 12.8. The molecule has 156 valence electrons. The van der Waals surface area contributed by atoms with Gasteiger partial charge in [0.05, 0.1) is 16.5 Å². The van der Waals surface area contributed by atoms with Crippen LogP contribution in [-0.4, -0.2) is 27.0 Å². The first-order chi connectivity index (χ1) is 14.5. The molecule has 1 fully saturated rings. The lowest BCUT2D eigenvalue weighted by atomic mass is 9.96. The molecule has 7 nitrogen and oxygen atoms in total. The summed E-state index contributed by atoms with van der Waals surface area (Å²) in [7, 11) is -3.77. The SMILES string of the molecule is N#Cc1ccc(NS(=O)(=O)c2ccc3c(c2)CCN3C(=O)NC2CCCCC2)cc1. The topological polar surface area (TPSA) is 102 Å². The number of sulfonamides is 1. The van der Waals surface area contributed by atoms with Gasteiger partial charge in [0.25, 0.3) is 10.0 Å². The third kappa shape index (κ3) is 4.26. The molecule has 2 aliphatic rings. The lowest BCUT2D eigenvalue weighted by Gasteiger charge is -2.26. The van der Waals surface area contributed by atoms with Crippen molar-refractivity contribution in [3.8, 4) is 6.07 Å². The van der Waals surface area contributed by atoms with Crippen molar-refractivity contribution < 1.29 is 13.2 Å². The van der Waals surface area contributed by atoms with E-state index in [0.29, 0.717) is 24.2 Å². The molecule has 0 bridgehead atoms. The van der Waals surface area contributed by atoms with Crippen molar-refractivity contribution in [1.29, 1.82) is 5.26 Å². The molecule has 0 radical (unpaired) electrons. The number of nitrogens with zero attached hydrogens (tertiary/aromatic N) is 2. The maximum absolute atomic E-state index is 12.8. The molecule has 4 rings (SSSR count). The first-order valence-corrected chi connectivity index (χ1v) is 11.7. The molecule has 1 aliphatic heterocycles. The van der Waals surface area contributed by atoms with Crippen LogP contribution in [0.4, 0.5) is 16.2 Å². The smallest absolute Gasteiger partial charge is 0.322 e. The molecule has 0 unspecified atom stereocenters. The predicted octanol–water partition coefficient (Wildman–Crippen LogP) is 3.76. The van der Waals surface area contributed by atoms with Crippen LogP contribution in [0.25, 0.3) is 0 Å². The Morgan fingerprint density at radius 3 is 2.50 bits per heavy atom. The highest BCUT2D eigenvalue weighted by Crippen LogP contribution is 2.31. The largest absolute Gasteiger partial charge is 0.335 e. The number of fused-ring (bicyclic) bond motifs is 1. The summed E-state index contributed by atoms with van der Waals surface area (Å²) in [6, 6.07) is 13.2. The summed E-state index contributed by atoms with van der Waals surface area (Å²) >= 11 is 0. The molecule has 0 atom stereocenters. The van der Waals surface area contributed by atoms with Crippen molar-refractivity contribution in [1.82, 2.24) is 5.32 Å². The van der Waals surface area contributed by atoms with E-state index in [4.69, 9.17) is 5.26 Å². The number of carbonyl (C=O) groups is 1. The van der Waals surface area contributed by atoms with Gasteiger partial charge in [0.2, 0.25) is 0 Å². The second-order valence-corrected chi connectivity index (χ2v) is 9.45. The Morgan fingerprint density at radius 2 is 1.80 bits per heavy atom. The first kappa shape index (κ1) is 20.2. The van der Waals surface area contributed by atoms with Gasteiger partial charge in [-0.2, -0.15) is 5.26 Å². The lowest BCUT2D eigenvalue weighted by molar-refractivity contribution is 0.238. The van der Waals surface area contributed by atoms with Gasteiger partial charge in [-0.25, -0.2) is 13.2 Å². The monoisotopic (exact) mass is 424 g/mol. The third-order valence-electron chi connectivity index (χ3n) is 5.70. The summed E-state index contributed by atoms with van der Waals surface area (Å²) < 4.78 is 28.1. The standard InChI is InChI=1S/C22H24N4O3S/c23-15-16-6-8-19(9-7-16)25-30(28,29)20-10-11-21-17(14-20)12-13-26(21)22(27)24-18-4-2-1-3-5-18/h6-11,14,18,25H,1-5,12-13H2,(H,24,27). The minimum Gasteiger partial charge on any atom is -0.335 e. The highest BCUT2D eigenvalue weighted by atomic mass is 32.2. The molecular formula is C22H24N4O3S. The molecule has 1 saturated carbocycles. The summed E-state index contributed by atoms with van der Waals surface area (Å²) in [6.45, 7) is 0.542. The van der Waals surface area contributed by atoms with E-state index in [9.17, 15) is 13.2 Å². The Balaban J connectivity index is 1.48. The summed E-state index contributed by atoms with van der Waals surface area (Å²) in [4.78, 5) is 14.6. The van der Waals surface area contributed by atoms with Crippen molar-refractivity contribution in [3.63, 3.8) is 0 Å². The van der Waals surface area contributed by atoms with E-state index in [1.54, 1.807) is 41.3 Å². The normalized spacial score (nSPS) is 16.6. The predicted molar refractivity (Wildman–Crippen MR) is 115 cm³/mol. The Bertz CT molecular complexity index is 1080. The summed E-state index contributed by atoms with van der Waals surface area (Å²) in [5.41, 5.74) is 2.46. The maximum Gasteiger partial charge on any atom is 0.322 e. The molecule has 0 spiro atoms. The highest BCUT2D eigenvalue weighted by Gasteiger charge is 2.28. The number of hydrogen-bond acceptors (Lipinski definition) is 4. The highest BCUT2D eigenvalue weighted by molar-refractivity contribution is 7.92. The second-order valence-electron chi connectivity index (χ2n) is 7.77. The summed E-state index contributed by atoms with van der Waals surface area (Å²) in [6.07, 6.45) is 6.18. The van der Waals surface area contributed by atoms with Crippen molar-refractivity contribution in [2.45, 2.75) is 49.5 Å². The van der Waals surface area contributed by atoms with Crippen molar-refractivity contribution in [2.75, 3.05) is 16.2 Å². The summed E-state index contributed by atoms with van der Waals surface area (Å²) in [5.74, 6) is 0. The van der Waals surface area contributed by atoms with Gasteiger partial charge in [-0.15, -0.1) is 0 Å². The van der Waals surface area contributed by atoms with Gasteiger partial charge in [-0.1, -0.05) is 19.3 Å². The number of carbonyl (C=O) groups excluding carboxylic acids is 1. The number of nitriles is 1. The number of hydrogen-bond donors (Lipinski definition) is 2. The number of benzene rings is 2. The van der Waals surface area contributed by atoms with Gasteiger partial charge in [0.1, 0.15) is 0 Å². The average molecular weight is 425 g/mol. The molecule has 0 aromatic heterocycles. The van der Waals surface area contributed by atoms with E-state index in [1.807, 2.05) is 6.07 Å². The fourth-order valence-corrected chi connectivity index (χ4v) is 5.19. The van der Waals surface area contributed by atoms with Crippen LogP contribution in [0.2, 0.25) is 0 Å². The minimum atomic E-state index is -3.77. The van der Waals surface area contributed by atoms with Crippen LogP contribution in [0.15, 0.2) is 47.4 Å². The Morgan fingerprint density at radius 1 is 1.07 bits per heavy atom. The molecule has 0 saturated heterocycles. The van der Waals surface area contributed by atoms with Gasteiger partial charge < -0.3 is 5.32 Å². The number of nitrogens with one attached hydrogen (secondary N) is 2. The average Bonchev–Trinajstić information content (AvgIpc) is 3.18. The zero-order valence-electron chi connectivity index (χ0n) is 16.6. The molecule has 2 aromatic rings. The van der Waals surface area contributed by atoms with E-state index in [2.05, 4.69) is 10.0 Å². The van der Waals surface area contributed by atoms with Crippen molar-refractivity contribution >= 4 is 27.4 Å². The Kier molecular flexibility index (Phi) is 5.64. The fourth-order valence-electron chi connectivity index (χ4n) is 4.08. The molecule has 1 aliphatic carbocycles.